The van der Waals surface area contributed by atoms with Crippen LogP contribution in [-0.2, 0) is 0 Å². The molecule has 0 unspecified atom stereocenters. The van der Waals surface area contributed by atoms with E-state index in [1.165, 1.54) is 0 Å². The van der Waals surface area contributed by atoms with Crippen LogP contribution in [-0.4, -0.2) is 22.7 Å². The zero-order valence-corrected chi connectivity index (χ0v) is 10.6. The Morgan fingerprint density at radius 1 is 0.600 bits per heavy atom. The molecular weight excluding hydrogens is 256 g/mol. The maximum atomic E-state index is 9.59. The van der Waals surface area contributed by atoms with Gasteiger partial charge >= 0.3 is 0 Å². The maximum Gasteiger partial charge on any atom is 0.214 e. The van der Waals surface area contributed by atoms with Gasteiger partial charge < -0.3 is 10.2 Å². The van der Waals surface area contributed by atoms with Crippen molar-refractivity contribution in [1.29, 1.82) is 0 Å². The van der Waals surface area contributed by atoms with Crippen molar-refractivity contribution >= 4 is 11.4 Å². The van der Waals surface area contributed by atoms with Crippen LogP contribution in [0.25, 0.3) is 0 Å². The summed E-state index contributed by atoms with van der Waals surface area (Å²) in [4.78, 5) is 0. The number of rotatable bonds is 5. The zero-order chi connectivity index (χ0) is 14.2. The fraction of sp³-hybridized carbons (Fsp3) is 0.143. The molecule has 0 heterocycles. The van der Waals surface area contributed by atoms with Crippen LogP contribution in [0.15, 0.2) is 81.1 Å². The van der Waals surface area contributed by atoms with Gasteiger partial charge in [-0.1, -0.05) is 36.4 Å². The molecule has 0 aliphatic rings. The second kappa shape index (κ2) is 7.22. The molecule has 102 valence electrons. The zero-order valence-electron chi connectivity index (χ0n) is 10.6. The van der Waals surface area contributed by atoms with Crippen LogP contribution in [0.1, 0.15) is 0 Å². The first-order valence-electron chi connectivity index (χ1n) is 6.03. The lowest BCUT2D eigenvalue weighted by Crippen LogP contribution is -2.20. The molecular formula is C14H14N4O2. The molecule has 2 rings (SSSR count). The Hall–Kier alpha value is -2.44. The number of aliphatic hydroxyl groups is 2. The minimum Gasteiger partial charge on any atom is -0.367 e. The molecule has 0 aromatic heterocycles. The monoisotopic (exact) mass is 270 g/mol. The van der Waals surface area contributed by atoms with Gasteiger partial charge in [0, 0.05) is 0 Å². The van der Waals surface area contributed by atoms with E-state index in [0.29, 0.717) is 11.4 Å². The molecule has 0 saturated heterocycles. The van der Waals surface area contributed by atoms with Crippen molar-refractivity contribution in [1.82, 2.24) is 0 Å². The van der Waals surface area contributed by atoms with Crippen LogP contribution in [0, 0.1) is 0 Å². The molecule has 2 N–H and O–H groups in total. The lowest BCUT2D eigenvalue weighted by Gasteiger charge is -2.06. The van der Waals surface area contributed by atoms with E-state index in [9.17, 15) is 10.2 Å². The molecule has 2 atom stereocenters. The summed E-state index contributed by atoms with van der Waals surface area (Å²) in [6.45, 7) is 0. The summed E-state index contributed by atoms with van der Waals surface area (Å²) in [7, 11) is 0. The average molecular weight is 270 g/mol. The summed E-state index contributed by atoms with van der Waals surface area (Å²) in [5.41, 5.74) is 1.16. The lowest BCUT2D eigenvalue weighted by molar-refractivity contribution is 0.0231. The Balaban J connectivity index is 1.94. The molecule has 6 heteroatoms. The van der Waals surface area contributed by atoms with Crippen LogP contribution in [0.5, 0.6) is 0 Å². The number of azo groups is 2. The van der Waals surface area contributed by atoms with Gasteiger partial charge in [0.15, 0.2) is 0 Å². The van der Waals surface area contributed by atoms with Crippen molar-refractivity contribution in [2.24, 2.45) is 20.5 Å². The molecule has 0 spiro atoms. The highest BCUT2D eigenvalue weighted by Gasteiger charge is 2.14. The van der Waals surface area contributed by atoms with Crippen molar-refractivity contribution in [3.63, 3.8) is 0 Å². The second-order valence-electron chi connectivity index (χ2n) is 3.93. The Labute approximate surface area is 116 Å². The van der Waals surface area contributed by atoms with Crippen LogP contribution in [0.3, 0.4) is 0 Å². The number of benzene rings is 2. The predicted molar refractivity (Wildman–Crippen MR) is 73.9 cm³/mol. The van der Waals surface area contributed by atoms with Gasteiger partial charge in [0.05, 0.1) is 11.4 Å². The summed E-state index contributed by atoms with van der Waals surface area (Å²) < 4.78 is 0. The van der Waals surface area contributed by atoms with E-state index in [4.69, 9.17) is 0 Å². The highest BCUT2D eigenvalue weighted by Crippen LogP contribution is 2.14. The minimum atomic E-state index is -1.46. The fourth-order valence-corrected chi connectivity index (χ4v) is 1.36. The molecule has 0 bridgehead atoms. The van der Waals surface area contributed by atoms with E-state index < -0.39 is 12.5 Å². The van der Waals surface area contributed by atoms with Crippen LogP contribution < -0.4 is 0 Å². The summed E-state index contributed by atoms with van der Waals surface area (Å²) in [6, 6.07) is 17.8. The van der Waals surface area contributed by atoms with Crippen molar-refractivity contribution in [2.75, 3.05) is 0 Å². The Kier molecular flexibility index (Phi) is 5.05. The molecule has 2 aromatic carbocycles. The van der Waals surface area contributed by atoms with E-state index in [2.05, 4.69) is 20.5 Å². The Morgan fingerprint density at radius 2 is 0.950 bits per heavy atom. The second-order valence-corrected chi connectivity index (χ2v) is 3.93. The third kappa shape index (κ3) is 4.34. The van der Waals surface area contributed by atoms with Gasteiger partial charge in [-0.3, -0.25) is 0 Å². The first kappa shape index (κ1) is 14.0. The number of aliphatic hydroxyl groups excluding tert-OH is 2. The maximum absolute atomic E-state index is 9.59. The number of hydrogen-bond acceptors (Lipinski definition) is 6. The normalized spacial score (nSPS) is 14.7. The standard InChI is InChI=1S/C14H14N4O2/c19-13(17-15-11-7-3-1-4-8-11)14(20)18-16-12-9-5-2-6-10-12/h1-10,13-14,19-20H/t13-,14-/m0/s1. The van der Waals surface area contributed by atoms with Gasteiger partial charge in [0.1, 0.15) is 0 Å². The molecule has 0 fully saturated rings. The van der Waals surface area contributed by atoms with E-state index >= 15 is 0 Å². The number of nitrogens with zero attached hydrogens (tertiary/aromatic N) is 4. The van der Waals surface area contributed by atoms with Gasteiger partial charge in [-0.2, -0.15) is 20.5 Å². The van der Waals surface area contributed by atoms with Gasteiger partial charge in [0.2, 0.25) is 12.5 Å². The quantitative estimate of drug-likeness (QED) is 0.817. The summed E-state index contributed by atoms with van der Waals surface area (Å²) >= 11 is 0. The molecule has 0 saturated carbocycles. The molecule has 2 aromatic rings. The van der Waals surface area contributed by atoms with E-state index in [-0.39, 0.29) is 0 Å². The molecule has 0 aliphatic carbocycles. The third-order valence-electron chi connectivity index (χ3n) is 2.36. The topological polar surface area (TPSA) is 89.9 Å². The highest BCUT2D eigenvalue weighted by molar-refractivity contribution is 5.35. The molecule has 0 aliphatic heterocycles. The van der Waals surface area contributed by atoms with Crippen LogP contribution >= 0.6 is 0 Å². The van der Waals surface area contributed by atoms with Crippen molar-refractivity contribution < 1.29 is 10.2 Å². The van der Waals surface area contributed by atoms with Crippen LogP contribution in [0.4, 0.5) is 11.4 Å². The summed E-state index contributed by atoms with van der Waals surface area (Å²) in [6.07, 6.45) is -2.91. The van der Waals surface area contributed by atoms with Gasteiger partial charge in [-0.05, 0) is 24.3 Å². The lowest BCUT2D eigenvalue weighted by atomic mass is 10.3. The molecule has 0 radical (unpaired) electrons. The number of hydrogen-bond donors (Lipinski definition) is 2. The minimum absolute atomic E-state index is 0.582. The SMILES string of the molecule is O[C@H](N=Nc1ccccc1)[C@H](O)N=Nc1ccccc1. The van der Waals surface area contributed by atoms with Crippen molar-refractivity contribution in [3.05, 3.63) is 60.7 Å². The summed E-state index contributed by atoms with van der Waals surface area (Å²) in [5.74, 6) is 0. The predicted octanol–water partition coefficient (Wildman–Crippen LogP) is 3.19. The smallest absolute Gasteiger partial charge is 0.214 e. The average Bonchev–Trinajstić information content (AvgIpc) is 2.52. The van der Waals surface area contributed by atoms with E-state index in [1.807, 2.05) is 12.1 Å². The molecule has 6 nitrogen and oxygen atoms in total. The molecule has 0 amide bonds. The van der Waals surface area contributed by atoms with Crippen molar-refractivity contribution in [3.8, 4) is 0 Å². The largest absolute Gasteiger partial charge is 0.367 e. The fourth-order valence-electron chi connectivity index (χ4n) is 1.36. The van der Waals surface area contributed by atoms with E-state index in [1.54, 1.807) is 48.5 Å². The Morgan fingerprint density at radius 3 is 1.30 bits per heavy atom. The van der Waals surface area contributed by atoms with Gasteiger partial charge in [-0.15, -0.1) is 0 Å². The highest BCUT2D eigenvalue weighted by atomic mass is 16.4. The molecule has 20 heavy (non-hydrogen) atoms. The van der Waals surface area contributed by atoms with E-state index in [0.717, 1.165) is 0 Å². The first-order valence-corrected chi connectivity index (χ1v) is 6.03. The Bertz CT molecular complexity index is 519. The van der Waals surface area contributed by atoms with Gasteiger partial charge in [-0.25, -0.2) is 0 Å². The first-order chi connectivity index (χ1) is 9.75. The summed E-state index contributed by atoms with van der Waals surface area (Å²) in [5, 5.41) is 33.9. The van der Waals surface area contributed by atoms with Gasteiger partial charge in [0.25, 0.3) is 0 Å². The van der Waals surface area contributed by atoms with Crippen molar-refractivity contribution in [2.45, 2.75) is 12.5 Å². The van der Waals surface area contributed by atoms with Crippen LogP contribution in [0.2, 0.25) is 0 Å². The third-order valence-corrected chi connectivity index (χ3v) is 2.36.